The van der Waals surface area contributed by atoms with Gasteiger partial charge in [0.25, 0.3) is 0 Å². The summed E-state index contributed by atoms with van der Waals surface area (Å²) in [6.07, 6.45) is 36.3. The molecule has 0 spiro atoms. The molecule has 9 atom stereocenters. The van der Waals surface area contributed by atoms with Crippen LogP contribution in [0.15, 0.2) is 36.0 Å². The van der Waals surface area contributed by atoms with E-state index in [2.05, 4.69) is 64.7 Å². The molecule has 3 saturated carbocycles. The summed E-state index contributed by atoms with van der Waals surface area (Å²) >= 11 is 0. The van der Waals surface area contributed by atoms with Crippen molar-refractivity contribution in [3.63, 3.8) is 0 Å². The van der Waals surface area contributed by atoms with E-state index in [0.717, 1.165) is 93.3 Å². The number of ether oxygens (including phenoxy) is 1. The molecule has 0 aliphatic heterocycles. The van der Waals surface area contributed by atoms with E-state index >= 15 is 0 Å². The van der Waals surface area contributed by atoms with Crippen LogP contribution in [0.3, 0.4) is 0 Å². The average Bonchev–Trinajstić information content (AvgIpc) is 3.43. The molecule has 0 saturated heterocycles. The van der Waals surface area contributed by atoms with E-state index in [0.29, 0.717) is 17.3 Å². The van der Waals surface area contributed by atoms with E-state index in [-0.39, 0.29) is 18.2 Å². The van der Waals surface area contributed by atoms with E-state index in [1.54, 1.807) is 5.57 Å². The minimum Gasteiger partial charge on any atom is -0.462 e. The third-order valence-electron chi connectivity index (χ3n) is 14.1. The summed E-state index contributed by atoms with van der Waals surface area (Å²) in [6.45, 7) is 14.8. The van der Waals surface area contributed by atoms with Crippen molar-refractivity contribution in [2.75, 3.05) is 0 Å². The molecular formula is C45H76O4. The molecule has 4 aliphatic rings. The maximum atomic E-state index is 12.8. The van der Waals surface area contributed by atoms with Crippen LogP contribution in [0.4, 0.5) is 0 Å². The van der Waals surface area contributed by atoms with E-state index in [4.69, 9.17) is 4.74 Å². The van der Waals surface area contributed by atoms with Crippen LogP contribution in [0.5, 0.6) is 0 Å². The van der Waals surface area contributed by atoms with Crippen LogP contribution in [0.1, 0.15) is 183 Å². The van der Waals surface area contributed by atoms with Crippen molar-refractivity contribution in [3.8, 4) is 0 Å². The van der Waals surface area contributed by atoms with Gasteiger partial charge in [-0.1, -0.05) is 135 Å². The Hall–Kier alpha value is -1.39. The number of esters is 1. The van der Waals surface area contributed by atoms with Crippen LogP contribution in [-0.4, -0.2) is 23.4 Å². The molecule has 3 fully saturated rings. The fraction of sp³-hybridized carbons (Fsp3) is 0.844. The molecule has 0 bridgehead atoms. The van der Waals surface area contributed by atoms with Crippen molar-refractivity contribution >= 4 is 5.97 Å². The number of hydrogen-bond acceptors (Lipinski definition) is 4. The number of carbonyl (C=O) groups is 1. The highest BCUT2D eigenvalue weighted by molar-refractivity contribution is 5.69. The zero-order chi connectivity index (χ0) is 35.3. The lowest BCUT2D eigenvalue weighted by atomic mass is 9.47. The molecule has 280 valence electrons. The van der Waals surface area contributed by atoms with E-state index in [9.17, 15) is 10.1 Å². The number of allylic oxidation sites excluding steroid dienone is 4. The molecule has 0 unspecified atom stereocenters. The summed E-state index contributed by atoms with van der Waals surface area (Å²) in [5.74, 6) is 5.14. The second-order valence-electron chi connectivity index (χ2n) is 17.9. The van der Waals surface area contributed by atoms with Gasteiger partial charge >= 0.3 is 5.97 Å². The highest BCUT2D eigenvalue weighted by Crippen LogP contribution is 2.67. The molecule has 0 heterocycles. The Morgan fingerprint density at radius 3 is 2.47 bits per heavy atom. The molecule has 4 heteroatoms. The van der Waals surface area contributed by atoms with E-state index < -0.39 is 0 Å². The van der Waals surface area contributed by atoms with Crippen molar-refractivity contribution in [2.45, 2.75) is 195 Å². The van der Waals surface area contributed by atoms with E-state index in [1.165, 1.54) is 77.0 Å². The Kier molecular flexibility index (Phi) is 16.5. The molecule has 0 aromatic carbocycles. The molecule has 4 aliphatic carbocycles. The predicted molar refractivity (Wildman–Crippen MR) is 205 cm³/mol. The summed E-state index contributed by atoms with van der Waals surface area (Å²) in [4.78, 5) is 17.5. The Morgan fingerprint density at radius 2 is 1.69 bits per heavy atom. The van der Waals surface area contributed by atoms with Crippen LogP contribution in [0.2, 0.25) is 0 Å². The molecule has 0 aromatic heterocycles. The third kappa shape index (κ3) is 11.1. The topological polar surface area (TPSA) is 55.8 Å². The fourth-order valence-electron chi connectivity index (χ4n) is 11.2. The molecule has 4 rings (SSSR count). The standard InChI is InChI=1S/C45H76O4/c1-7-8-9-10-11-13-16-22-37(49-47)23-17-14-12-15-18-24-43(46)48-38-29-31-44(5)36(33-38)25-26-39-41-28-27-40(35(4)21-19-20-34(2)3)45(41,6)32-30-42(39)44/h11,13,16,22,25,34-35,37-42,47H,7-10,12,14-15,17-21,23-24,26-33H2,1-6H3/b13-11-,22-16+/t35-,37-,38+,39+,40+,41-,42+,44+,45-/m1/s1. The second kappa shape index (κ2) is 20.0. The van der Waals surface area contributed by atoms with Gasteiger partial charge in [0.15, 0.2) is 0 Å². The highest BCUT2D eigenvalue weighted by Gasteiger charge is 2.59. The molecule has 0 amide bonds. The fourth-order valence-corrected chi connectivity index (χ4v) is 11.2. The van der Waals surface area contributed by atoms with Gasteiger partial charge in [0.1, 0.15) is 12.2 Å². The van der Waals surface area contributed by atoms with Gasteiger partial charge in [-0.3, -0.25) is 10.1 Å². The van der Waals surface area contributed by atoms with Gasteiger partial charge in [-0.2, -0.15) is 0 Å². The van der Waals surface area contributed by atoms with Gasteiger partial charge in [0, 0.05) is 12.8 Å². The van der Waals surface area contributed by atoms with Gasteiger partial charge < -0.3 is 4.74 Å². The quantitative estimate of drug-likeness (QED) is 0.0327. The van der Waals surface area contributed by atoms with Gasteiger partial charge in [-0.05, 0) is 117 Å². The van der Waals surface area contributed by atoms with Crippen molar-refractivity contribution < 1.29 is 19.7 Å². The number of hydrogen-bond donors (Lipinski definition) is 1. The highest BCUT2D eigenvalue weighted by atomic mass is 17.1. The first kappa shape index (κ1) is 40.4. The van der Waals surface area contributed by atoms with E-state index in [1.807, 2.05) is 12.2 Å². The Labute approximate surface area is 302 Å². The lowest BCUT2D eigenvalue weighted by molar-refractivity contribution is -0.267. The molecule has 4 nitrogen and oxygen atoms in total. The summed E-state index contributed by atoms with van der Waals surface area (Å²) in [7, 11) is 0. The van der Waals surface area contributed by atoms with Crippen molar-refractivity contribution in [2.24, 2.45) is 46.3 Å². The summed E-state index contributed by atoms with van der Waals surface area (Å²) < 4.78 is 6.10. The summed E-state index contributed by atoms with van der Waals surface area (Å²) in [6, 6.07) is 0. The number of fused-ring (bicyclic) bond motifs is 5. The van der Waals surface area contributed by atoms with Gasteiger partial charge in [-0.25, -0.2) is 4.89 Å². The van der Waals surface area contributed by atoms with Gasteiger partial charge in [-0.15, -0.1) is 0 Å². The maximum absolute atomic E-state index is 12.8. The minimum absolute atomic E-state index is 0.00235. The van der Waals surface area contributed by atoms with Crippen molar-refractivity contribution in [3.05, 3.63) is 36.0 Å². The van der Waals surface area contributed by atoms with Gasteiger partial charge in [0.05, 0.1) is 0 Å². The first-order chi connectivity index (χ1) is 23.6. The molecule has 49 heavy (non-hydrogen) atoms. The second-order valence-corrected chi connectivity index (χ2v) is 17.9. The number of unbranched alkanes of at least 4 members (excludes halogenated alkanes) is 7. The molecule has 1 N–H and O–H groups in total. The average molecular weight is 681 g/mol. The summed E-state index contributed by atoms with van der Waals surface area (Å²) in [5, 5.41) is 9.24. The number of carbonyl (C=O) groups excluding carboxylic acids is 1. The van der Waals surface area contributed by atoms with Crippen LogP contribution < -0.4 is 0 Å². The minimum atomic E-state index is -0.246. The smallest absolute Gasteiger partial charge is 0.306 e. The monoisotopic (exact) mass is 681 g/mol. The van der Waals surface area contributed by atoms with Crippen LogP contribution >= 0.6 is 0 Å². The lowest BCUT2D eigenvalue weighted by Gasteiger charge is -2.58. The molecular weight excluding hydrogens is 604 g/mol. The van der Waals surface area contributed by atoms with Crippen LogP contribution in [0, 0.1) is 46.3 Å². The zero-order valence-corrected chi connectivity index (χ0v) is 32.7. The lowest BCUT2D eigenvalue weighted by Crippen LogP contribution is -2.51. The Balaban J connectivity index is 1.14. The normalized spacial score (nSPS) is 32.6. The number of rotatable bonds is 21. The van der Waals surface area contributed by atoms with Crippen LogP contribution in [-0.2, 0) is 14.4 Å². The van der Waals surface area contributed by atoms with Crippen LogP contribution in [0.25, 0.3) is 0 Å². The van der Waals surface area contributed by atoms with Gasteiger partial charge in [0.2, 0.25) is 0 Å². The first-order valence-electron chi connectivity index (χ1n) is 21.1. The van der Waals surface area contributed by atoms with Crippen molar-refractivity contribution in [1.29, 1.82) is 0 Å². The maximum Gasteiger partial charge on any atom is 0.306 e. The predicted octanol–water partition coefficient (Wildman–Crippen LogP) is 13.2. The Bertz CT molecular complexity index is 1070. The van der Waals surface area contributed by atoms with Crippen molar-refractivity contribution in [1.82, 2.24) is 0 Å². The summed E-state index contributed by atoms with van der Waals surface area (Å²) in [5.41, 5.74) is 2.45. The first-order valence-corrected chi connectivity index (χ1v) is 21.1. The Morgan fingerprint density at radius 1 is 0.898 bits per heavy atom. The zero-order valence-electron chi connectivity index (χ0n) is 32.7. The molecule has 0 aromatic rings. The largest absolute Gasteiger partial charge is 0.462 e. The molecule has 0 radical (unpaired) electrons. The SMILES string of the molecule is CCCCC/C=C\C=C\[C@H](CCCCCCCC(=O)O[C@H]1CC[C@@]2(C)C(=CC[C@H]3[C@H]4CC[C@@H]([C@H](C)CCCC(C)C)[C@@]4(C)CC[C@@H]32)C1)OO. The third-order valence-corrected chi connectivity index (χ3v) is 14.1.